The molecule has 0 aliphatic rings. The van der Waals surface area contributed by atoms with Crippen molar-refractivity contribution in [3.63, 3.8) is 0 Å². The second-order valence-corrected chi connectivity index (χ2v) is 5.29. The van der Waals surface area contributed by atoms with Gasteiger partial charge in [-0.25, -0.2) is 0 Å². The Kier molecular flexibility index (Phi) is 4.59. The first-order valence-electron chi connectivity index (χ1n) is 6.38. The average Bonchev–Trinajstić information content (AvgIpc) is 2.39. The highest BCUT2D eigenvalue weighted by Crippen LogP contribution is 2.24. The number of nitrogens with two attached hydrogens (primary N) is 1. The standard InChI is InChI=1S/C16H19ClN2/c1-11-5-3-4-6-13(11)10-16(19-18)15-8-7-14(17)9-12(15)2/h3-9,16,19H,10,18H2,1-2H3. The summed E-state index contributed by atoms with van der Waals surface area (Å²) >= 11 is 6.00. The van der Waals surface area contributed by atoms with E-state index in [1.54, 1.807) is 0 Å². The zero-order chi connectivity index (χ0) is 13.8. The summed E-state index contributed by atoms with van der Waals surface area (Å²) < 4.78 is 0. The van der Waals surface area contributed by atoms with Crippen LogP contribution in [0.1, 0.15) is 28.3 Å². The predicted octanol–water partition coefficient (Wildman–Crippen LogP) is 3.70. The molecular weight excluding hydrogens is 256 g/mol. The number of rotatable bonds is 4. The van der Waals surface area contributed by atoms with Crippen molar-refractivity contribution in [2.45, 2.75) is 26.3 Å². The summed E-state index contributed by atoms with van der Waals surface area (Å²) in [4.78, 5) is 0. The Morgan fingerprint density at radius 1 is 1.11 bits per heavy atom. The van der Waals surface area contributed by atoms with Gasteiger partial charge in [0.15, 0.2) is 0 Å². The van der Waals surface area contributed by atoms with E-state index < -0.39 is 0 Å². The number of hydrogen-bond acceptors (Lipinski definition) is 2. The van der Waals surface area contributed by atoms with Crippen molar-refractivity contribution in [1.29, 1.82) is 0 Å². The van der Waals surface area contributed by atoms with Crippen LogP contribution in [0.15, 0.2) is 42.5 Å². The molecule has 0 fully saturated rings. The van der Waals surface area contributed by atoms with Crippen molar-refractivity contribution < 1.29 is 0 Å². The molecule has 3 heteroatoms. The van der Waals surface area contributed by atoms with Crippen LogP contribution in [-0.2, 0) is 6.42 Å². The predicted molar refractivity (Wildman–Crippen MR) is 81.1 cm³/mol. The third-order valence-corrected chi connectivity index (χ3v) is 3.73. The van der Waals surface area contributed by atoms with Crippen molar-refractivity contribution >= 4 is 11.6 Å². The number of nitrogens with one attached hydrogen (secondary N) is 1. The lowest BCUT2D eigenvalue weighted by Crippen LogP contribution is -2.30. The van der Waals surface area contributed by atoms with E-state index in [0.29, 0.717) is 0 Å². The molecule has 1 unspecified atom stereocenters. The summed E-state index contributed by atoms with van der Waals surface area (Å²) in [5, 5.41) is 0.757. The summed E-state index contributed by atoms with van der Waals surface area (Å²) in [6, 6.07) is 14.4. The van der Waals surface area contributed by atoms with Crippen molar-refractivity contribution in [3.05, 3.63) is 69.7 Å². The Hall–Kier alpha value is -1.35. The highest BCUT2D eigenvalue weighted by atomic mass is 35.5. The van der Waals surface area contributed by atoms with Crippen LogP contribution < -0.4 is 11.3 Å². The van der Waals surface area contributed by atoms with Gasteiger partial charge in [-0.1, -0.05) is 41.9 Å². The van der Waals surface area contributed by atoms with Crippen LogP contribution >= 0.6 is 11.6 Å². The highest BCUT2D eigenvalue weighted by molar-refractivity contribution is 6.30. The number of hydrogen-bond donors (Lipinski definition) is 2. The van der Waals surface area contributed by atoms with Crippen molar-refractivity contribution in [2.24, 2.45) is 5.84 Å². The van der Waals surface area contributed by atoms with Gasteiger partial charge < -0.3 is 0 Å². The van der Waals surface area contributed by atoms with Gasteiger partial charge in [0.05, 0.1) is 6.04 Å². The fourth-order valence-electron chi connectivity index (χ4n) is 2.35. The number of hydrazine groups is 1. The van der Waals surface area contributed by atoms with E-state index in [-0.39, 0.29) is 6.04 Å². The summed E-state index contributed by atoms with van der Waals surface area (Å²) in [6.07, 6.45) is 0.867. The van der Waals surface area contributed by atoms with Crippen molar-refractivity contribution in [2.75, 3.05) is 0 Å². The van der Waals surface area contributed by atoms with Crippen LogP contribution in [0.4, 0.5) is 0 Å². The minimum absolute atomic E-state index is 0.0957. The second kappa shape index (κ2) is 6.20. The smallest absolute Gasteiger partial charge is 0.0503 e. The minimum Gasteiger partial charge on any atom is -0.271 e. The van der Waals surface area contributed by atoms with Crippen LogP contribution in [0.3, 0.4) is 0 Å². The molecule has 0 aliphatic heterocycles. The quantitative estimate of drug-likeness (QED) is 0.659. The van der Waals surface area contributed by atoms with E-state index in [0.717, 1.165) is 17.0 Å². The maximum atomic E-state index is 6.00. The lowest BCUT2D eigenvalue weighted by atomic mass is 9.94. The maximum Gasteiger partial charge on any atom is 0.0503 e. The van der Waals surface area contributed by atoms with Crippen LogP contribution in [0.5, 0.6) is 0 Å². The molecule has 2 rings (SSSR count). The molecule has 0 saturated carbocycles. The van der Waals surface area contributed by atoms with Crippen LogP contribution in [0, 0.1) is 13.8 Å². The first kappa shape index (κ1) is 14.1. The molecule has 2 aromatic rings. The molecule has 0 aromatic heterocycles. The van der Waals surface area contributed by atoms with Crippen LogP contribution in [0.2, 0.25) is 5.02 Å². The molecule has 0 saturated heterocycles. The molecule has 3 N–H and O–H groups in total. The largest absolute Gasteiger partial charge is 0.271 e. The summed E-state index contributed by atoms with van der Waals surface area (Å²) in [5.41, 5.74) is 7.85. The number of aryl methyl sites for hydroxylation is 2. The van der Waals surface area contributed by atoms with E-state index in [1.165, 1.54) is 16.7 Å². The topological polar surface area (TPSA) is 38.0 Å². The molecule has 19 heavy (non-hydrogen) atoms. The minimum atomic E-state index is 0.0957. The zero-order valence-electron chi connectivity index (χ0n) is 11.3. The van der Waals surface area contributed by atoms with Gasteiger partial charge in [-0.05, 0) is 54.7 Å². The fourth-order valence-corrected chi connectivity index (χ4v) is 2.57. The molecule has 0 radical (unpaired) electrons. The average molecular weight is 275 g/mol. The SMILES string of the molecule is Cc1ccccc1CC(NN)c1ccc(Cl)cc1C. The molecular formula is C16H19ClN2. The Balaban J connectivity index is 2.28. The van der Waals surface area contributed by atoms with E-state index in [4.69, 9.17) is 17.4 Å². The normalized spacial score (nSPS) is 12.4. The van der Waals surface area contributed by atoms with Crippen molar-refractivity contribution in [3.8, 4) is 0 Å². The molecule has 0 aliphatic carbocycles. The van der Waals surface area contributed by atoms with Gasteiger partial charge in [-0.3, -0.25) is 11.3 Å². The molecule has 2 aromatic carbocycles. The van der Waals surface area contributed by atoms with Crippen LogP contribution in [0.25, 0.3) is 0 Å². The molecule has 1 atom stereocenters. The van der Waals surface area contributed by atoms with Gasteiger partial charge in [-0.15, -0.1) is 0 Å². The van der Waals surface area contributed by atoms with Gasteiger partial charge in [0.2, 0.25) is 0 Å². The zero-order valence-corrected chi connectivity index (χ0v) is 12.0. The van der Waals surface area contributed by atoms with Crippen molar-refractivity contribution in [1.82, 2.24) is 5.43 Å². The lowest BCUT2D eigenvalue weighted by Gasteiger charge is -2.20. The van der Waals surface area contributed by atoms with Gasteiger partial charge in [-0.2, -0.15) is 0 Å². The van der Waals surface area contributed by atoms with Gasteiger partial charge >= 0.3 is 0 Å². The molecule has 0 heterocycles. The maximum absolute atomic E-state index is 6.00. The monoisotopic (exact) mass is 274 g/mol. The Labute approximate surface area is 119 Å². The third kappa shape index (κ3) is 3.35. The summed E-state index contributed by atoms with van der Waals surface area (Å²) in [7, 11) is 0. The molecule has 0 bridgehead atoms. The lowest BCUT2D eigenvalue weighted by molar-refractivity contribution is 0.548. The first-order valence-corrected chi connectivity index (χ1v) is 6.76. The summed E-state index contributed by atoms with van der Waals surface area (Å²) in [5.74, 6) is 5.73. The van der Waals surface area contributed by atoms with E-state index in [9.17, 15) is 0 Å². The number of halogens is 1. The Morgan fingerprint density at radius 2 is 1.84 bits per heavy atom. The highest BCUT2D eigenvalue weighted by Gasteiger charge is 2.14. The Morgan fingerprint density at radius 3 is 2.47 bits per heavy atom. The second-order valence-electron chi connectivity index (χ2n) is 4.85. The third-order valence-electron chi connectivity index (χ3n) is 3.49. The first-order chi connectivity index (χ1) is 9.11. The van der Waals surface area contributed by atoms with Gasteiger partial charge in [0, 0.05) is 5.02 Å². The van der Waals surface area contributed by atoms with Crippen LogP contribution in [-0.4, -0.2) is 0 Å². The molecule has 2 nitrogen and oxygen atoms in total. The van der Waals surface area contributed by atoms with E-state index in [1.807, 2.05) is 18.2 Å². The summed E-state index contributed by atoms with van der Waals surface area (Å²) in [6.45, 7) is 4.18. The number of benzene rings is 2. The molecule has 0 amide bonds. The molecule has 100 valence electrons. The van der Waals surface area contributed by atoms with E-state index in [2.05, 4.69) is 43.5 Å². The van der Waals surface area contributed by atoms with E-state index >= 15 is 0 Å². The fraction of sp³-hybridized carbons (Fsp3) is 0.250. The van der Waals surface area contributed by atoms with Gasteiger partial charge in [0.25, 0.3) is 0 Å². The Bertz CT molecular complexity index is 566. The van der Waals surface area contributed by atoms with Gasteiger partial charge in [0.1, 0.15) is 0 Å². The molecule has 0 spiro atoms.